The SMILES string of the molecule is C=CC=C.C=O.CC.CCC.CCCCc1ccc(Nc2cc(C[C@H](CC(C)C)[C@H](C)CCCC(C)(C)C)c(C)cc2C(C)=O)cc1C. The Morgan fingerprint density at radius 1 is 0.875 bits per heavy atom. The van der Waals surface area contributed by atoms with Crippen molar-refractivity contribution in [2.75, 3.05) is 5.32 Å². The van der Waals surface area contributed by atoms with Crippen LogP contribution in [0.4, 0.5) is 11.4 Å². The van der Waals surface area contributed by atoms with Gasteiger partial charge in [0, 0.05) is 16.9 Å². The number of unbranched alkanes of at least 4 members (excludes halogenated alkanes) is 1. The molecule has 2 rings (SSSR count). The van der Waals surface area contributed by atoms with Crippen molar-refractivity contribution in [2.45, 2.75) is 155 Å². The summed E-state index contributed by atoms with van der Waals surface area (Å²) in [6, 6.07) is 11.0. The smallest absolute Gasteiger partial charge is 0.161 e. The van der Waals surface area contributed by atoms with Crippen LogP contribution in [-0.2, 0) is 17.6 Å². The molecule has 0 aliphatic rings. The lowest BCUT2D eigenvalue weighted by atomic mass is 9.78. The average molecular weight is 664 g/mol. The molecule has 48 heavy (non-hydrogen) atoms. The van der Waals surface area contributed by atoms with Crippen molar-refractivity contribution in [3.8, 4) is 0 Å². The molecule has 0 aromatic heterocycles. The number of benzene rings is 2. The Kier molecular flexibility index (Phi) is 29.9. The molecule has 0 saturated heterocycles. The van der Waals surface area contributed by atoms with Crippen molar-refractivity contribution >= 4 is 23.9 Å². The van der Waals surface area contributed by atoms with Gasteiger partial charge in [-0.25, -0.2) is 0 Å². The molecular weight excluding hydrogens is 587 g/mol. The van der Waals surface area contributed by atoms with E-state index in [9.17, 15) is 4.79 Å². The zero-order valence-corrected chi connectivity index (χ0v) is 34.1. The lowest BCUT2D eigenvalue weighted by molar-refractivity contribution is -0.0980. The summed E-state index contributed by atoms with van der Waals surface area (Å²) in [5.41, 5.74) is 8.53. The average Bonchev–Trinajstić information content (AvgIpc) is 3.03. The number of allylic oxidation sites excluding steroid dienone is 2. The first-order chi connectivity index (χ1) is 22.6. The molecule has 0 heterocycles. The van der Waals surface area contributed by atoms with E-state index in [4.69, 9.17) is 4.79 Å². The number of carbonyl (C=O) groups is 2. The van der Waals surface area contributed by atoms with E-state index in [1.165, 1.54) is 67.2 Å². The summed E-state index contributed by atoms with van der Waals surface area (Å²) in [7, 11) is 0. The molecule has 0 radical (unpaired) electrons. The number of hydrogen-bond acceptors (Lipinski definition) is 3. The van der Waals surface area contributed by atoms with Gasteiger partial charge in [0.2, 0.25) is 0 Å². The lowest BCUT2D eigenvalue weighted by Crippen LogP contribution is -2.19. The predicted molar refractivity (Wildman–Crippen MR) is 218 cm³/mol. The van der Waals surface area contributed by atoms with Gasteiger partial charge in [-0.1, -0.05) is 133 Å². The van der Waals surface area contributed by atoms with Crippen molar-refractivity contribution in [3.05, 3.63) is 83.5 Å². The minimum Gasteiger partial charge on any atom is -0.355 e. The van der Waals surface area contributed by atoms with Crippen LogP contribution in [0.3, 0.4) is 0 Å². The fourth-order valence-corrected chi connectivity index (χ4v) is 5.54. The second-order valence-electron chi connectivity index (χ2n) is 14.5. The summed E-state index contributed by atoms with van der Waals surface area (Å²) in [6.07, 6.45) is 14.3. The summed E-state index contributed by atoms with van der Waals surface area (Å²) in [5, 5.41) is 3.62. The van der Waals surface area contributed by atoms with E-state index in [0.29, 0.717) is 23.2 Å². The Bertz CT molecular complexity index is 1130. The van der Waals surface area contributed by atoms with Gasteiger partial charge in [-0.2, -0.15) is 0 Å². The molecule has 3 heteroatoms. The number of Topliss-reactive ketones (excluding diaryl/α,β-unsaturated/α-hetero) is 1. The maximum absolute atomic E-state index is 12.6. The van der Waals surface area contributed by atoms with Crippen LogP contribution in [0.25, 0.3) is 0 Å². The van der Waals surface area contributed by atoms with Gasteiger partial charge < -0.3 is 10.1 Å². The lowest BCUT2D eigenvalue weighted by Gasteiger charge is -2.28. The van der Waals surface area contributed by atoms with Crippen LogP contribution in [-0.4, -0.2) is 12.6 Å². The first-order valence-corrected chi connectivity index (χ1v) is 18.7. The zero-order chi connectivity index (χ0) is 37.9. The third kappa shape index (κ3) is 22.6. The molecule has 0 unspecified atom stereocenters. The fourth-order valence-electron chi connectivity index (χ4n) is 5.54. The Morgan fingerprint density at radius 3 is 1.85 bits per heavy atom. The van der Waals surface area contributed by atoms with Gasteiger partial charge in [0.1, 0.15) is 6.79 Å². The van der Waals surface area contributed by atoms with Gasteiger partial charge in [-0.15, -0.1) is 0 Å². The van der Waals surface area contributed by atoms with Crippen LogP contribution in [0.5, 0.6) is 0 Å². The molecule has 1 N–H and O–H groups in total. The maximum Gasteiger partial charge on any atom is 0.161 e. The van der Waals surface area contributed by atoms with E-state index in [-0.39, 0.29) is 5.78 Å². The molecule has 274 valence electrons. The Morgan fingerprint density at radius 2 is 1.42 bits per heavy atom. The van der Waals surface area contributed by atoms with Gasteiger partial charge in [0.25, 0.3) is 0 Å². The van der Waals surface area contributed by atoms with Crippen molar-refractivity contribution in [1.82, 2.24) is 0 Å². The van der Waals surface area contributed by atoms with Crippen LogP contribution in [0.1, 0.15) is 161 Å². The van der Waals surface area contributed by atoms with Crippen molar-refractivity contribution in [1.29, 1.82) is 0 Å². The minimum absolute atomic E-state index is 0.114. The molecule has 0 fully saturated rings. The number of anilines is 2. The minimum atomic E-state index is 0.114. The molecule has 2 atom stereocenters. The zero-order valence-electron chi connectivity index (χ0n) is 34.1. The molecule has 0 aliphatic carbocycles. The highest BCUT2D eigenvalue weighted by molar-refractivity contribution is 6.00. The maximum atomic E-state index is 12.6. The second-order valence-corrected chi connectivity index (χ2v) is 14.5. The standard InChI is InChI=1S/C35H55NO.C4H6.C3H8.C2H6.CH2O/c1-11-12-15-29-16-17-32(20-26(29)5)36-34-23-31(27(6)21-33(34)28(7)37)22-30(19-24(2)3)25(4)14-13-18-35(8,9)10;1-3-4-2;1-3-2;2*1-2/h16-17,20-21,23-25,30,36H,11-15,18-19,22H2,1-10H3;3-4H,1-2H2;3H2,1-2H3;1-2H3;1H2/t25-,30+;;;;/m1..../s1. The molecule has 2 aromatic carbocycles. The van der Waals surface area contributed by atoms with E-state index in [1.54, 1.807) is 19.1 Å². The quantitative estimate of drug-likeness (QED) is 0.152. The molecular formula is C45H77NO2. The number of aryl methyl sites for hydroxylation is 3. The Balaban J connectivity index is -0.00000162. The van der Waals surface area contributed by atoms with Gasteiger partial charge in [0.15, 0.2) is 5.78 Å². The molecule has 0 bridgehead atoms. The van der Waals surface area contributed by atoms with Crippen LogP contribution < -0.4 is 5.32 Å². The largest absolute Gasteiger partial charge is 0.355 e. The van der Waals surface area contributed by atoms with Crippen LogP contribution in [0, 0.1) is 37.0 Å². The highest BCUT2D eigenvalue weighted by Crippen LogP contribution is 2.34. The number of rotatable bonds is 15. The molecule has 0 amide bonds. The third-order valence-electron chi connectivity index (χ3n) is 8.09. The highest BCUT2D eigenvalue weighted by Gasteiger charge is 2.22. The first kappa shape index (κ1) is 49.4. The first-order valence-electron chi connectivity index (χ1n) is 18.7. The van der Waals surface area contributed by atoms with Crippen molar-refractivity contribution in [2.24, 2.45) is 23.2 Å². The Hall–Kier alpha value is -2.94. The van der Waals surface area contributed by atoms with Gasteiger partial charge in [-0.05, 0) is 123 Å². The molecule has 0 spiro atoms. The van der Waals surface area contributed by atoms with Gasteiger partial charge >= 0.3 is 0 Å². The highest BCUT2D eigenvalue weighted by atomic mass is 16.1. The van der Waals surface area contributed by atoms with E-state index in [0.717, 1.165) is 29.8 Å². The summed E-state index contributed by atoms with van der Waals surface area (Å²) in [5.74, 6) is 2.13. The fraction of sp³-hybridized carbons (Fsp3) is 0.600. The molecule has 0 saturated carbocycles. The number of hydrogen-bond donors (Lipinski definition) is 1. The van der Waals surface area contributed by atoms with E-state index < -0.39 is 0 Å². The van der Waals surface area contributed by atoms with Gasteiger partial charge in [-0.3, -0.25) is 4.79 Å². The Labute approximate surface area is 299 Å². The summed E-state index contributed by atoms with van der Waals surface area (Å²) in [6.45, 7) is 39.4. The van der Waals surface area contributed by atoms with Crippen LogP contribution in [0.2, 0.25) is 0 Å². The normalized spacial score (nSPS) is 11.5. The third-order valence-corrected chi connectivity index (χ3v) is 8.09. The van der Waals surface area contributed by atoms with Crippen LogP contribution >= 0.6 is 0 Å². The summed E-state index contributed by atoms with van der Waals surface area (Å²) >= 11 is 0. The molecule has 3 nitrogen and oxygen atoms in total. The van der Waals surface area contributed by atoms with E-state index >= 15 is 0 Å². The second kappa shape index (κ2) is 29.0. The number of ketones is 1. The van der Waals surface area contributed by atoms with E-state index in [2.05, 4.69) is 125 Å². The molecule has 0 aliphatic heterocycles. The number of carbonyl (C=O) groups excluding carboxylic acids is 2. The number of nitrogens with one attached hydrogen (secondary N) is 1. The summed E-state index contributed by atoms with van der Waals surface area (Å²) < 4.78 is 0. The van der Waals surface area contributed by atoms with Crippen LogP contribution in [0.15, 0.2) is 55.6 Å². The van der Waals surface area contributed by atoms with Gasteiger partial charge in [0.05, 0.1) is 0 Å². The monoisotopic (exact) mass is 664 g/mol. The van der Waals surface area contributed by atoms with E-state index in [1.807, 2.05) is 20.6 Å². The summed E-state index contributed by atoms with van der Waals surface area (Å²) in [4.78, 5) is 20.6. The topological polar surface area (TPSA) is 46.2 Å². The van der Waals surface area contributed by atoms with Crippen molar-refractivity contribution < 1.29 is 9.59 Å². The predicted octanol–water partition coefficient (Wildman–Crippen LogP) is 14.3. The molecule has 2 aromatic rings. The van der Waals surface area contributed by atoms with Crippen molar-refractivity contribution in [3.63, 3.8) is 0 Å².